The van der Waals surface area contributed by atoms with E-state index in [1.807, 2.05) is 4.57 Å². The number of thioether (sulfide) groups is 1. The minimum Gasteiger partial charge on any atom is -0.395 e. The zero-order chi connectivity index (χ0) is 12.7. The van der Waals surface area contributed by atoms with Crippen LogP contribution in [-0.4, -0.2) is 47.7 Å². The summed E-state index contributed by atoms with van der Waals surface area (Å²) in [6, 6.07) is 0. The SMILES string of the molecule is Nc1ncnc2c1ncn2[C@H]1C[C@H](O)[C@H](CO)S1. The summed E-state index contributed by atoms with van der Waals surface area (Å²) in [7, 11) is 0. The fourth-order valence-electron chi connectivity index (χ4n) is 2.13. The molecule has 7 nitrogen and oxygen atoms in total. The predicted molar refractivity (Wildman–Crippen MR) is 67.9 cm³/mol. The molecular weight excluding hydrogens is 254 g/mol. The molecule has 0 spiro atoms. The second kappa shape index (κ2) is 4.38. The monoisotopic (exact) mass is 267 g/mol. The van der Waals surface area contributed by atoms with Gasteiger partial charge in [0, 0.05) is 6.42 Å². The fraction of sp³-hybridized carbons (Fsp3) is 0.500. The number of anilines is 1. The van der Waals surface area contributed by atoms with Gasteiger partial charge in [0.15, 0.2) is 11.5 Å². The number of hydrogen-bond acceptors (Lipinski definition) is 7. The molecule has 96 valence electrons. The molecule has 0 amide bonds. The van der Waals surface area contributed by atoms with Crippen molar-refractivity contribution in [3.63, 3.8) is 0 Å². The van der Waals surface area contributed by atoms with Gasteiger partial charge in [0.25, 0.3) is 0 Å². The molecule has 0 bridgehead atoms. The number of imidazole rings is 1. The normalized spacial score (nSPS) is 28.0. The molecule has 1 fully saturated rings. The Morgan fingerprint density at radius 1 is 1.44 bits per heavy atom. The topological polar surface area (TPSA) is 110 Å². The molecule has 0 radical (unpaired) electrons. The highest BCUT2D eigenvalue weighted by Gasteiger charge is 2.35. The van der Waals surface area contributed by atoms with Crippen molar-refractivity contribution in [2.45, 2.75) is 23.1 Å². The van der Waals surface area contributed by atoms with E-state index in [0.717, 1.165) is 0 Å². The van der Waals surface area contributed by atoms with Crippen LogP contribution in [0.4, 0.5) is 5.82 Å². The van der Waals surface area contributed by atoms with Crippen molar-refractivity contribution in [3.05, 3.63) is 12.7 Å². The zero-order valence-electron chi connectivity index (χ0n) is 9.47. The van der Waals surface area contributed by atoms with E-state index in [0.29, 0.717) is 23.4 Å². The Hall–Kier alpha value is -1.38. The van der Waals surface area contributed by atoms with E-state index in [9.17, 15) is 5.11 Å². The first-order valence-electron chi connectivity index (χ1n) is 5.58. The molecule has 1 aliphatic rings. The van der Waals surface area contributed by atoms with E-state index in [1.54, 1.807) is 6.33 Å². The van der Waals surface area contributed by atoms with Crippen LogP contribution in [0.2, 0.25) is 0 Å². The molecule has 18 heavy (non-hydrogen) atoms. The first-order chi connectivity index (χ1) is 8.70. The molecule has 3 atom stereocenters. The first-order valence-corrected chi connectivity index (χ1v) is 6.52. The minimum atomic E-state index is -0.512. The van der Waals surface area contributed by atoms with Gasteiger partial charge in [-0.3, -0.25) is 0 Å². The number of aromatic nitrogens is 4. The van der Waals surface area contributed by atoms with Crippen LogP contribution in [0.25, 0.3) is 11.2 Å². The third kappa shape index (κ3) is 1.73. The minimum absolute atomic E-state index is 0.0106. The fourth-order valence-corrected chi connectivity index (χ4v) is 3.51. The third-order valence-electron chi connectivity index (χ3n) is 3.08. The highest BCUT2D eigenvalue weighted by atomic mass is 32.2. The number of fused-ring (bicyclic) bond motifs is 1. The lowest BCUT2D eigenvalue weighted by atomic mass is 10.2. The second-order valence-electron chi connectivity index (χ2n) is 4.20. The lowest BCUT2D eigenvalue weighted by Crippen LogP contribution is -2.20. The Kier molecular flexibility index (Phi) is 2.84. The molecule has 0 saturated carbocycles. The molecule has 1 aliphatic heterocycles. The third-order valence-corrected chi connectivity index (χ3v) is 4.63. The van der Waals surface area contributed by atoms with Gasteiger partial charge < -0.3 is 20.5 Å². The van der Waals surface area contributed by atoms with Gasteiger partial charge in [-0.05, 0) is 0 Å². The van der Waals surface area contributed by atoms with E-state index >= 15 is 0 Å². The van der Waals surface area contributed by atoms with Crippen molar-refractivity contribution >= 4 is 28.7 Å². The number of aliphatic hydroxyl groups excluding tert-OH is 2. The molecule has 3 rings (SSSR count). The maximum absolute atomic E-state index is 9.81. The van der Waals surface area contributed by atoms with E-state index in [-0.39, 0.29) is 17.2 Å². The van der Waals surface area contributed by atoms with Gasteiger partial charge in [0.05, 0.1) is 29.7 Å². The highest BCUT2D eigenvalue weighted by molar-refractivity contribution is 8.00. The molecule has 2 aromatic rings. The van der Waals surface area contributed by atoms with Crippen LogP contribution in [0.1, 0.15) is 11.8 Å². The highest BCUT2D eigenvalue weighted by Crippen LogP contribution is 2.42. The Balaban J connectivity index is 1.99. The summed E-state index contributed by atoms with van der Waals surface area (Å²) in [5.74, 6) is 0.348. The van der Waals surface area contributed by atoms with Crippen molar-refractivity contribution in [3.8, 4) is 0 Å². The summed E-state index contributed by atoms with van der Waals surface area (Å²) in [5, 5.41) is 18.8. The Morgan fingerprint density at radius 2 is 2.28 bits per heavy atom. The summed E-state index contributed by atoms with van der Waals surface area (Å²) in [6.07, 6.45) is 3.10. The van der Waals surface area contributed by atoms with Crippen LogP contribution in [0, 0.1) is 0 Å². The first kappa shape index (κ1) is 11.7. The lowest BCUT2D eigenvalue weighted by molar-refractivity contribution is 0.138. The molecule has 2 aromatic heterocycles. The standard InChI is InChI=1S/C10H13N5O2S/c11-9-8-10(13-3-12-9)15(4-14-8)7-1-5(17)6(2-16)18-7/h3-7,16-17H,1-2H2,(H2,11,12,13)/t5-,6-,7+/m0/s1. The number of nitrogens with two attached hydrogens (primary N) is 1. The maximum Gasteiger partial charge on any atom is 0.166 e. The van der Waals surface area contributed by atoms with Crippen LogP contribution >= 0.6 is 11.8 Å². The quantitative estimate of drug-likeness (QED) is 0.689. The summed E-state index contributed by atoms with van der Waals surface area (Å²) in [5.41, 5.74) is 6.95. The maximum atomic E-state index is 9.81. The lowest BCUT2D eigenvalue weighted by Gasteiger charge is -2.11. The second-order valence-corrected chi connectivity index (χ2v) is 5.62. The van der Waals surface area contributed by atoms with E-state index < -0.39 is 6.10 Å². The average molecular weight is 267 g/mol. The van der Waals surface area contributed by atoms with Gasteiger partial charge in [0.2, 0.25) is 0 Å². The van der Waals surface area contributed by atoms with Gasteiger partial charge in [-0.1, -0.05) is 0 Å². The van der Waals surface area contributed by atoms with Crippen molar-refractivity contribution in [1.29, 1.82) is 0 Å². The molecule has 3 heterocycles. The van der Waals surface area contributed by atoms with Crippen molar-refractivity contribution in [2.75, 3.05) is 12.3 Å². The largest absolute Gasteiger partial charge is 0.395 e. The van der Waals surface area contributed by atoms with Crippen LogP contribution < -0.4 is 5.73 Å². The Morgan fingerprint density at radius 3 is 3.00 bits per heavy atom. The summed E-state index contributed by atoms with van der Waals surface area (Å²) in [4.78, 5) is 12.3. The molecule has 8 heteroatoms. The number of nitrogen functional groups attached to an aromatic ring is 1. The molecule has 0 aliphatic carbocycles. The van der Waals surface area contributed by atoms with Gasteiger partial charge >= 0.3 is 0 Å². The number of rotatable bonds is 2. The van der Waals surface area contributed by atoms with Gasteiger partial charge in [-0.15, -0.1) is 11.8 Å². The molecule has 0 aromatic carbocycles. The molecule has 0 unspecified atom stereocenters. The number of hydrogen-bond donors (Lipinski definition) is 3. The number of nitrogens with zero attached hydrogens (tertiary/aromatic N) is 4. The van der Waals surface area contributed by atoms with Crippen molar-refractivity contribution < 1.29 is 10.2 Å². The Labute approximate surface area is 107 Å². The van der Waals surface area contributed by atoms with E-state index in [2.05, 4.69) is 15.0 Å². The van der Waals surface area contributed by atoms with Crippen LogP contribution in [0.3, 0.4) is 0 Å². The Bertz CT molecular complexity index is 574. The average Bonchev–Trinajstić information content (AvgIpc) is 2.93. The number of aliphatic hydroxyl groups is 2. The summed E-state index contributed by atoms with van der Waals surface area (Å²) >= 11 is 1.52. The van der Waals surface area contributed by atoms with Gasteiger partial charge in [-0.25, -0.2) is 15.0 Å². The van der Waals surface area contributed by atoms with Crippen LogP contribution in [-0.2, 0) is 0 Å². The molecule has 1 saturated heterocycles. The predicted octanol–water partition coefficient (Wildman–Crippen LogP) is -0.234. The smallest absolute Gasteiger partial charge is 0.166 e. The van der Waals surface area contributed by atoms with Gasteiger partial charge in [0.1, 0.15) is 11.8 Å². The molecule has 4 N–H and O–H groups in total. The summed E-state index contributed by atoms with van der Waals surface area (Å²) in [6.45, 7) is -0.0356. The van der Waals surface area contributed by atoms with Gasteiger partial charge in [-0.2, -0.15) is 0 Å². The zero-order valence-corrected chi connectivity index (χ0v) is 10.3. The van der Waals surface area contributed by atoms with Crippen LogP contribution in [0.15, 0.2) is 12.7 Å². The van der Waals surface area contributed by atoms with E-state index in [4.69, 9.17) is 10.8 Å². The molecular formula is C10H13N5O2S. The summed E-state index contributed by atoms with van der Waals surface area (Å²) < 4.78 is 1.87. The van der Waals surface area contributed by atoms with E-state index in [1.165, 1.54) is 18.1 Å². The van der Waals surface area contributed by atoms with Crippen molar-refractivity contribution in [2.24, 2.45) is 0 Å². The van der Waals surface area contributed by atoms with Crippen molar-refractivity contribution in [1.82, 2.24) is 19.5 Å². The van der Waals surface area contributed by atoms with Crippen LogP contribution in [0.5, 0.6) is 0 Å².